The molecular weight excluding hydrogens is 328 g/mol. The van der Waals surface area contributed by atoms with E-state index >= 15 is 0 Å². The Morgan fingerprint density at radius 3 is 2.75 bits per heavy atom. The van der Waals surface area contributed by atoms with E-state index in [0.717, 1.165) is 24.1 Å². The van der Waals surface area contributed by atoms with E-state index < -0.39 is 10.0 Å². The molecule has 3 rings (SSSR count). The Bertz CT molecular complexity index is 841. The van der Waals surface area contributed by atoms with Gasteiger partial charge in [-0.25, -0.2) is 13.1 Å². The van der Waals surface area contributed by atoms with Gasteiger partial charge in [0.05, 0.1) is 5.75 Å². The van der Waals surface area contributed by atoms with Gasteiger partial charge < -0.3 is 5.32 Å². The molecule has 0 saturated heterocycles. The van der Waals surface area contributed by atoms with E-state index in [-0.39, 0.29) is 11.7 Å². The number of nitrogens with one attached hydrogen (secondary N) is 3. The van der Waals surface area contributed by atoms with Crippen molar-refractivity contribution in [1.82, 2.24) is 20.2 Å². The number of aromatic nitrogens is 2. The second kappa shape index (κ2) is 6.74. The van der Waals surface area contributed by atoms with Gasteiger partial charge in [0.2, 0.25) is 10.0 Å². The summed E-state index contributed by atoms with van der Waals surface area (Å²) in [5.41, 5.74) is 2.90. The Labute approximate surface area is 140 Å². The van der Waals surface area contributed by atoms with Crippen molar-refractivity contribution in [3.05, 3.63) is 52.8 Å². The van der Waals surface area contributed by atoms with Gasteiger partial charge in [-0.3, -0.25) is 9.89 Å². The summed E-state index contributed by atoms with van der Waals surface area (Å²) in [5.74, 6) is 0.186. The van der Waals surface area contributed by atoms with Crippen molar-refractivity contribution in [1.29, 1.82) is 0 Å². The van der Waals surface area contributed by atoms with E-state index in [4.69, 9.17) is 0 Å². The van der Waals surface area contributed by atoms with Gasteiger partial charge in [0, 0.05) is 18.2 Å². The number of benzene rings is 1. The summed E-state index contributed by atoms with van der Waals surface area (Å²) in [4.78, 5) is 12.1. The highest BCUT2D eigenvalue weighted by Crippen LogP contribution is 2.38. The fourth-order valence-corrected chi connectivity index (χ4v) is 3.21. The zero-order valence-electron chi connectivity index (χ0n) is 13.4. The molecule has 1 aliphatic carbocycles. The number of carbonyl (C=O) groups is 1. The van der Waals surface area contributed by atoms with Gasteiger partial charge in [-0.15, -0.1) is 0 Å². The molecule has 0 spiro atoms. The summed E-state index contributed by atoms with van der Waals surface area (Å²) >= 11 is 0. The van der Waals surface area contributed by atoms with Crippen LogP contribution in [0.15, 0.2) is 30.3 Å². The van der Waals surface area contributed by atoms with Crippen LogP contribution in [0.25, 0.3) is 0 Å². The predicted octanol–water partition coefficient (Wildman–Crippen LogP) is 1.27. The van der Waals surface area contributed by atoms with Crippen LogP contribution in [0.1, 0.15) is 46.1 Å². The number of sulfonamides is 1. The van der Waals surface area contributed by atoms with Crippen LogP contribution in [0.5, 0.6) is 0 Å². The first kappa shape index (κ1) is 16.7. The number of hydrogen-bond donors (Lipinski definition) is 3. The van der Waals surface area contributed by atoms with Crippen molar-refractivity contribution in [2.45, 2.75) is 31.1 Å². The smallest absolute Gasteiger partial charge is 0.272 e. The number of hydrogen-bond acceptors (Lipinski definition) is 4. The monoisotopic (exact) mass is 348 g/mol. The first-order chi connectivity index (χ1) is 11.5. The SMILES string of the molecule is CNS(=O)(=O)Cc1cccc(CNC(=O)c2cc(C3CC3)[nH]n2)c1. The molecule has 0 unspecified atom stereocenters. The Morgan fingerprint density at radius 1 is 1.29 bits per heavy atom. The van der Waals surface area contributed by atoms with Crippen molar-refractivity contribution < 1.29 is 13.2 Å². The van der Waals surface area contributed by atoms with Gasteiger partial charge in [0.1, 0.15) is 5.69 Å². The number of aromatic amines is 1. The number of amides is 1. The highest BCUT2D eigenvalue weighted by molar-refractivity contribution is 7.88. The molecule has 1 aliphatic rings. The minimum atomic E-state index is -3.31. The van der Waals surface area contributed by atoms with Crippen LogP contribution in [-0.4, -0.2) is 31.6 Å². The molecule has 2 aromatic rings. The molecule has 128 valence electrons. The third kappa shape index (κ3) is 4.21. The predicted molar refractivity (Wildman–Crippen MR) is 89.9 cm³/mol. The zero-order valence-corrected chi connectivity index (χ0v) is 14.2. The molecular formula is C16H20N4O3S. The molecule has 8 heteroatoms. The summed E-state index contributed by atoms with van der Waals surface area (Å²) in [6, 6.07) is 8.94. The van der Waals surface area contributed by atoms with E-state index in [1.54, 1.807) is 24.3 Å². The van der Waals surface area contributed by atoms with E-state index in [0.29, 0.717) is 23.7 Å². The third-order valence-corrected chi connectivity index (χ3v) is 5.30. The highest BCUT2D eigenvalue weighted by atomic mass is 32.2. The van der Waals surface area contributed by atoms with Crippen LogP contribution in [0.4, 0.5) is 0 Å². The van der Waals surface area contributed by atoms with Crippen molar-refractivity contribution in [3.8, 4) is 0 Å². The van der Waals surface area contributed by atoms with E-state index in [1.807, 2.05) is 6.07 Å². The second-order valence-corrected chi connectivity index (χ2v) is 7.88. The standard InChI is InChI=1S/C16H20N4O3S/c1-17-24(22,23)10-12-4-2-3-11(7-12)9-18-16(21)15-8-14(19-20-15)13-5-6-13/h2-4,7-8,13,17H,5-6,9-10H2,1H3,(H,18,21)(H,19,20). The molecule has 1 aromatic heterocycles. The van der Waals surface area contributed by atoms with Crippen molar-refractivity contribution in [2.75, 3.05) is 7.05 Å². The molecule has 7 nitrogen and oxygen atoms in total. The Morgan fingerprint density at radius 2 is 2.04 bits per heavy atom. The van der Waals surface area contributed by atoms with Crippen LogP contribution < -0.4 is 10.0 Å². The minimum Gasteiger partial charge on any atom is -0.347 e. The highest BCUT2D eigenvalue weighted by Gasteiger charge is 2.26. The lowest BCUT2D eigenvalue weighted by molar-refractivity contribution is 0.0946. The van der Waals surface area contributed by atoms with Crippen LogP contribution in [-0.2, 0) is 22.3 Å². The van der Waals surface area contributed by atoms with Gasteiger partial charge in [-0.1, -0.05) is 24.3 Å². The largest absolute Gasteiger partial charge is 0.347 e. The van der Waals surface area contributed by atoms with E-state index in [1.165, 1.54) is 7.05 Å². The average Bonchev–Trinajstić information content (AvgIpc) is 3.30. The van der Waals surface area contributed by atoms with E-state index in [9.17, 15) is 13.2 Å². The van der Waals surface area contributed by atoms with Crippen molar-refractivity contribution >= 4 is 15.9 Å². The normalized spacial score (nSPS) is 14.5. The quantitative estimate of drug-likeness (QED) is 0.701. The molecule has 1 amide bonds. The molecule has 3 N–H and O–H groups in total. The van der Waals surface area contributed by atoms with Gasteiger partial charge in [0.15, 0.2) is 0 Å². The van der Waals surface area contributed by atoms with Crippen molar-refractivity contribution in [2.24, 2.45) is 0 Å². The molecule has 1 heterocycles. The lowest BCUT2D eigenvalue weighted by Gasteiger charge is -2.07. The second-order valence-electron chi connectivity index (χ2n) is 5.95. The lowest BCUT2D eigenvalue weighted by Crippen LogP contribution is -2.23. The summed E-state index contributed by atoms with van der Waals surface area (Å²) in [6.45, 7) is 0.317. The number of nitrogens with zero attached hydrogens (tertiary/aromatic N) is 1. The van der Waals surface area contributed by atoms with Gasteiger partial charge >= 0.3 is 0 Å². The molecule has 1 aromatic carbocycles. The summed E-state index contributed by atoms with van der Waals surface area (Å²) in [7, 11) is -1.93. The molecule has 1 saturated carbocycles. The van der Waals surface area contributed by atoms with Gasteiger partial charge in [0.25, 0.3) is 5.91 Å². The van der Waals surface area contributed by atoms with Crippen molar-refractivity contribution in [3.63, 3.8) is 0 Å². The summed E-state index contributed by atoms with van der Waals surface area (Å²) in [6.07, 6.45) is 2.29. The number of rotatable bonds is 7. The summed E-state index contributed by atoms with van der Waals surface area (Å²) in [5, 5.41) is 9.75. The molecule has 0 radical (unpaired) electrons. The van der Waals surface area contributed by atoms with Crippen LogP contribution in [0, 0.1) is 0 Å². The van der Waals surface area contributed by atoms with Gasteiger partial charge in [-0.2, -0.15) is 5.10 Å². The maximum Gasteiger partial charge on any atom is 0.272 e. The third-order valence-electron chi connectivity index (χ3n) is 3.96. The summed E-state index contributed by atoms with van der Waals surface area (Å²) < 4.78 is 25.5. The Hall–Kier alpha value is -2.19. The molecule has 0 aliphatic heterocycles. The molecule has 0 bridgehead atoms. The topological polar surface area (TPSA) is 104 Å². The van der Waals surface area contributed by atoms with Crippen LogP contribution in [0.2, 0.25) is 0 Å². The molecule has 0 atom stereocenters. The Balaban J connectivity index is 1.60. The Kier molecular flexibility index (Phi) is 4.68. The zero-order chi connectivity index (χ0) is 17.2. The molecule has 1 fully saturated rings. The van der Waals surface area contributed by atoms with Crippen LogP contribution in [0.3, 0.4) is 0 Å². The lowest BCUT2D eigenvalue weighted by atomic mass is 10.1. The maximum atomic E-state index is 12.1. The number of carbonyl (C=O) groups excluding carboxylic acids is 1. The maximum absolute atomic E-state index is 12.1. The van der Waals surface area contributed by atoms with E-state index in [2.05, 4.69) is 20.2 Å². The van der Waals surface area contributed by atoms with Gasteiger partial charge in [-0.05, 0) is 37.1 Å². The van der Waals surface area contributed by atoms with Crippen LogP contribution >= 0.6 is 0 Å². The first-order valence-corrected chi connectivity index (χ1v) is 9.44. The minimum absolute atomic E-state index is 0.0879. The number of H-pyrrole nitrogens is 1. The molecule has 24 heavy (non-hydrogen) atoms. The first-order valence-electron chi connectivity index (χ1n) is 7.79. The fraction of sp³-hybridized carbons (Fsp3) is 0.375. The fourth-order valence-electron chi connectivity index (χ4n) is 2.45. The average molecular weight is 348 g/mol.